The summed E-state index contributed by atoms with van der Waals surface area (Å²) in [5, 5.41) is 10.8. The zero-order chi connectivity index (χ0) is 14.5. The molecule has 1 aliphatic heterocycles. The number of piperazine rings is 1. The Hall–Kier alpha value is -1.74. The zero-order valence-corrected chi connectivity index (χ0v) is 12.7. The van der Waals surface area contributed by atoms with Gasteiger partial charge in [-0.15, -0.1) is 11.3 Å². The van der Waals surface area contributed by atoms with Crippen molar-refractivity contribution in [3.63, 3.8) is 0 Å². The van der Waals surface area contributed by atoms with Crippen molar-refractivity contribution in [3.8, 4) is 6.07 Å². The highest BCUT2D eigenvalue weighted by atomic mass is 32.1. The molecule has 2 aromatic heterocycles. The molecule has 108 valence electrons. The molecule has 4 nitrogen and oxygen atoms in total. The lowest BCUT2D eigenvalue weighted by Gasteiger charge is -2.34. The van der Waals surface area contributed by atoms with Gasteiger partial charge < -0.3 is 0 Å². The van der Waals surface area contributed by atoms with Gasteiger partial charge in [0.1, 0.15) is 6.07 Å². The Morgan fingerprint density at radius 2 is 1.76 bits per heavy atom. The number of pyridine rings is 1. The van der Waals surface area contributed by atoms with Gasteiger partial charge in [-0.1, -0.05) is 0 Å². The summed E-state index contributed by atoms with van der Waals surface area (Å²) in [5.41, 5.74) is 2.11. The molecule has 0 spiro atoms. The van der Waals surface area contributed by atoms with E-state index >= 15 is 0 Å². The van der Waals surface area contributed by atoms with Crippen LogP contribution in [0.4, 0.5) is 0 Å². The van der Waals surface area contributed by atoms with Gasteiger partial charge in [0.2, 0.25) is 0 Å². The van der Waals surface area contributed by atoms with Crippen LogP contribution >= 0.6 is 11.3 Å². The summed E-state index contributed by atoms with van der Waals surface area (Å²) < 4.78 is 0. The van der Waals surface area contributed by atoms with E-state index in [1.54, 1.807) is 11.3 Å². The minimum atomic E-state index is 0.784. The second-order valence-electron chi connectivity index (χ2n) is 5.32. The van der Waals surface area contributed by atoms with Gasteiger partial charge in [-0.05, 0) is 23.8 Å². The fourth-order valence-electron chi connectivity index (χ4n) is 2.59. The first-order valence-corrected chi connectivity index (χ1v) is 8.02. The maximum Gasteiger partial charge on any atom is 0.100 e. The normalized spacial score (nSPS) is 16.7. The third kappa shape index (κ3) is 3.88. The molecule has 0 saturated carbocycles. The van der Waals surface area contributed by atoms with E-state index in [1.807, 2.05) is 23.8 Å². The summed E-state index contributed by atoms with van der Waals surface area (Å²) in [5.74, 6) is 0. The molecule has 0 radical (unpaired) electrons. The highest BCUT2D eigenvalue weighted by Crippen LogP contribution is 2.17. The van der Waals surface area contributed by atoms with Crippen LogP contribution in [-0.4, -0.2) is 41.0 Å². The Morgan fingerprint density at radius 1 is 1.10 bits per heavy atom. The maximum absolute atomic E-state index is 8.86. The van der Waals surface area contributed by atoms with Gasteiger partial charge >= 0.3 is 0 Å². The first kappa shape index (κ1) is 14.2. The summed E-state index contributed by atoms with van der Waals surface area (Å²) in [4.78, 5) is 10.3. The van der Waals surface area contributed by atoms with Crippen LogP contribution in [0.1, 0.15) is 16.0 Å². The smallest absolute Gasteiger partial charge is 0.100 e. The van der Waals surface area contributed by atoms with E-state index < -0.39 is 0 Å². The summed E-state index contributed by atoms with van der Waals surface area (Å²) in [7, 11) is 0. The lowest BCUT2D eigenvalue weighted by atomic mass is 10.2. The number of nitriles is 1. The predicted molar refractivity (Wildman–Crippen MR) is 83.8 cm³/mol. The van der Waals surface area contributed by atoms with Crippen LogP contribution in [0.15, 0.2) is 36.0 Å². The number of rotatable bonds is 4. The molecule has 0 unspecified atom stereocenters. The Balaban J connectivity index is 1.48. The van der Waals surface area contributed by atoms with Crippen molar-refractivity contribution < 1.29 is 0 Å². The molecule has 0 bridgehead atoms. The van der Waals surface area contributed by atoms with E-state index in [4.69, 9.17) is 5.26 Å². The van der Waals surface area contributed by atoms with Crippen LogP contribution in [-0.2, 0) is 13.1 Å². The van der Waals surface area contributed by atoms with Gasteiger partial charge in [-0.3, -0.25) is 14.8 Å². The molecule has 0 amide bonds. The van der Waals surface area contributed by atoms with Crippen molar-refractivity contribution >= 4 is 11.3 Å². The number of nitrogens with zero attached hydrogens (tertiary/aromatic N) is 4. The molecule has 21 heavy (non-hydrogen) atoms. The molecule has 2 aromatic rings. The maximum atomic E-state index is 8.86. The van der Waals surface area contributed by atoms with E-state index in [0.717, 1.165) is 44.8 Å². The van der Waals surface area contributed by atoms with Crippen LogP contribution in [0.2, 0.25) is 0 Å². The van der Waals surface area contributed by atoms with E-state index in [1.165, 1.54) is 10.4 Å². The quantitative estimate of drug-likeness (QED) is 0.869. The minimum absolute atomic E-state index is 0.784. The lowest BCUT2D eigenvalue weighted by molar-refractivity contribution is 0.123. The van der Waals surface area contributed by atoms with Gasteiger partial charge in [-0.2, -0.15) is 5.26 Å². The standard InChI is InChI=1S/C16H18N4S/c17-10-15-9-16(21-13-15)12-20-7-5-19(6-8-20)11-14-1-3-18-4-2-14/h1-4,9,13H,5-8,11-12H2. The molecule has 1 fully saturated rings. The average molecular weight is 298 g/mol. The Bertz CT molecular complexity index is 609. The van der Waals surface area contributed by atoms with Crippen molar-refractivity contribution in [1.82, 2.24) is 14.8 Å². The van der Waals surface area contributed by atoms with Crippen molar-refractivity contribution in [1.29, 1.82) is 5.26 Å². The summed E-state index contributed by atoms with van der Waals surface area (Å²) >= 11 is 1.69. The van der Waals surface area contributed by atoms with Crippen molar-refractivity contribution in [3.05, 3.63) is 52.0 Å². The van der Waals surface area contributed by atoms with E-state index in [2.05, 4.69) is 33.0 Å². The monoisotopic (exact) mass is 298 g/mol. The van der Waals surface area contributed by atoms with E-state index in [9.17, 15) is 0 Å². The number of aromatic nitrogens is 1. The minimum Gasteiger partial charge on any atom is -0.297 e. The van der Waals surface area contributed by atoms with Crippen LogP contribution < -0.4 is 0 Å². The third-order valence-corrected chi connectivity index (χ3v) is 4.70. The van der Waals surface area contributed by atoms with Crippen LogP contribution in [0.5, 0.6) is 0 Å². The van der Waals surface area contributed by atoms with Gasteiger partial charge in [0, 0.05) is 61.9 Å². The molecule has 3 rings (SSSR count). The number of thiophene rings is 1. The lowest BCUT2D eigenvalue weighted by Crippen LogP contribution is -2.45. The molecule has 0 N–H and O–H groups in total. The Labute approximate surface area is 129 Å². The molecular formula is C16H18N4S. The number of hydrogen-bond donors (Lipinski definition) is 0. The number of hydrogen-bond acceptors (Lipinski definition) is 5. The molecule has 3 heterocycles. The molecule has 0 atom stereocenters. The third-order valence-electron chi connectivity index (χ3n) is 3.78. The predicted octanol–water partition coefficient (Wildman–Crippen LogP) is 2.33. The first-order valence-electron chi connectivity index (χ1n) is 7.14. The molecule has 0 aromatic carbocycles. The van der Waals surface area contributed by atoms with Crippen LogP contribution in [0, 0.1) is 11.3 Å². The van der Waals surface area contributed by atoms with E-state index in [-0.39, 0.29) is 0 Å². The van der Waals surface area contributed by atoms with E-state index in [0.29, 0.717) is 0 Å². The molecule has 0 aliphatic carbocycles. The molecule has 5 heteroatoms. The molecule has 1 aliphatic rings. The topological polar surface area (TPSA) is 43.2 Å². The second kappa shape index (κ2) is 6.81. The summed E-state index contributed by atoms with van der Waals surface area (Å²) in [6.45, 7) is 6.34. The SMILES string of the molecule is N#Cc1csc(CN2CCN(Cc3ccncc3)CC2)c1. The molecular weight excluding hydrogens is 280 g/mol. The Kier molecular flexibility index (Phi) is 4.61. The summed E-state index contributed by atoms with van der Waals surface area (Å²) in [6.07, 6.45) is 3.71. The highest BCUT2D eigenvalue weighted by molar-refractivity contribution is 7.10. The van der Waals surface area contributed by atoms with Gasteiger partial charge in [0.15, 0.2) is 0 Å². The van der Waals surface area contributed by atoms with Gasteiger partial charge in [0.05, 0.1) is 5.56 Å². The van der Waals surface area contributed by atoms with Gasteiger partial charge in [0.25, 0.3) is 0 Å². The van der Waals surface area contributed by atoms with Crippen LogP contribution in [0.25, 0.3) is 0 Å². The fraction of sp³-hybridized carbons (Fsp3) is 0.375. The van der Waals surface area contributed by atoms with Crippen molar-refractivity contribution in [2.75, 3.05) is 26.2 Å². The van der Waals surface area contributed by atoms with Crippen molar-refractivity contribution in [2.24, 2.45) is 0 Å². The van der Waals surface area contributed by atoms with Gasteiger partial charge in [-0.25, -0.2) is 0 Å². The second-order valence-corrected chi connectivity index (χ2v) is 6.32. The average Bonchev–Trinajstić information content (AvgIpc) is 2.98. The summed E-state index contributed by atoms with van der Waals surface area (Å²) in [6, 6.07) is 8.37. The first-order chi connectivity index (χ1) is 10.3. The van der Waals surface area contributed by atoms with Crippen LogP contribution in [0.3, 0.4) is 0 Å². The highest BCUT2D eigenvalue weighted by Gasteiger charge is 2.17. The fourth-order valence-corrected chi connectivity index (χ4v) is 3.45. The molecule has 1 saturated heterocycles. The Morgan fingerprint density at radius 3 is 2.38 bits per heavy atom. The van der Waals surface area contributed by atoms with Crippen molar-refractivity contribution in [2.45, 2.75) is 13.1 Å². The zero-order valence-electron chi connectivity index (χ0n) is 11.9. The largest absolute Gasteiger partial charge is 0.297 e.